The Hall–Kier alpha value is -1.29. The molecule has 1 rings (SSSR count). The van der Waals surface area contributed by atoms with E-state index in [9.17, 15) is 4.79 Å². The van der Waals surface area contributed by atoms with E-state index in [0.29, 0.717) is 9.53 Å². The van der Waals surface area contributed by atoms with Gasteiger partial charge in [0.2, 0.25) is 0 Å². The Kier molecular flexibility index (Phi) is 3.08. The first-order valence-electron chi connectivity index (χ1n) is 3.24. The lowest BCUT2D eigenvalue weighted by Crippen LogP contribution is -1.96. The zero-order valence-corrected chi connectivity index (χ0v) is 8.48. The molecule has 0 spiro atoms. The van der Waals surface area contributed by atoms with Crippen molar-refractivity contribution in [3.63, 3.8) is 0 Å². The monoisotopic (exact) mass is 289 g/mol. The van der Waals surface area contributed by atoms with Gasteiger partial charge < -0.3 is 9.52 Å². The molecule has 0 amide bonds. The van der Waals surface area contributed by atoms with Crippen molar-refractivity contribution in [2.45, 2.75) is 0 Å². The molecule has 0 saturated carbocycles. The summed E-state index contributed by atoms with van der Waals surface area (Å²) >= 11 is 1.95. The van der Waals surface area contributed by atoms with Crippen LogP contribution in [0.4, 0.5) is 0 Å². The molecule has 0 fully saturated rings. The van der Waals surface area contributed by atoms with Crippen molar-refractivity contribution in [1.82, 2.24) is 0 Å². The standard InChI is InChI=1S/C8H4INO3/c9-7-2-1-6(13-7)3-5(4-10)8(11)12/h1-3H,(H,11,12). The number of nitrogens with zero attached hydrogens (tertiary/aromatic N) is 1. The zero-order chi connectivity index (χ0) is 9.84. The maximum Gasteiger partial charge on any atom is 0.346 e. The van der Waals surface area contributed by atoms with Gasteiger partial charge in [0.05, 0.1) is 0 Å². The Balaban J connectivity index is 3.00. The van der Waals surface area contributed by atoms with Gasteiger partial charge in [-0.2, -0.15) is 5.26 Å². The van der Waals surface area contributed by atoms with Crippen LogP contribution in [0.1, 0.15) is 5.76 Å². The van der Waals surface area contributed by atoms with Gasteiger partial charge in [-0.3, -0.25) is 0 Å². The predicted octanol–water partition coefficient (Wildman–Crippen LogP) is 1.88. The van der Waals surface area contributed by atoms with E-state index >= 15 is 0 Å². The highest BCUT2D eigenvalue weighted by Crippen LogP contribution is 2.13. The molecule has 0 atom stereocenters. The van der Waals surface area contributed by atoms with E-state index in [0.717, 1.165) is 0 Å². The summed E-state index contributed by atoms with van der Waals surface area (Å²) in [6, 6.07) is 4.84. The molecule has 5 heteroatoms. The van der Waals surface area contributed by atoms with Crippen molar-refractivity contribution < 1.29 is 14.3 Å². The second-order valence-corrected chi connectivity index (χ2v) is 3.18. The Morgan fingerprint density at radius 2 is 2.38 bits per heavy atom. The lowest BCUT2D eigenvalue weighted by molar-refractivity contribution is -0.132. The average Bonchev–Trinajstić information content (AvgIpc) is 2.46. The minimum atomic E-state index is -1.26. The average molecular weight is 289 g/mol. The van der Waals surface area contributed by atoms with Gasteiger partial charge >= 0.3 is 5.97 Å². The Bertz CT molecular complexity index is 400. The largest absolute Gasteiger partial charge is 0.477 e. The van der Waals surface area contributed by atoms with Crippen LogP contribution in [-0.2, 0) is 4.79 Å². The van der Waals surface area contributed by atoms with Crippen molar-refractivity contribution in [2.75, 3.05) is 0 Å². The number of halogens is 1. The molecule has 0 aliphatic heterocycles. The van der Waals surface area contributed by atoms with Gasteiger partial charge in [0.15, 0.2) is 3.77 Å². The molecule has 1 heterocycles. The van der Waals surface area contributed by atoms with Crippen molar-refractivity contribution in [2.24, 2.45) is 0 Å². The molecule has 0 unspecified atom stereocenters. The van der Waals surface area contributed by atoms with Gasteiger partial charge in [0.25, 0.3) is 0 Å². The summed E-state index contributed by atoms with van der Waals surface area (Å²) in [7, 11) is 0. The highest BCUT2D eigenvalue weighted by molar-refractivity contribution is 14.1. The molecular weight excluding hydrogens is 285 g/mol. The minimum absolute atomic E-state index is 0.342. The van der Waals surface area contributed by atoms with E-state index in [4.69, 9.17) is 14.8 Å². The fourth-order valence-electron chi connectivity index (χ4n) is 0.690. The number of aliphatic carboxylic acids is 1. The van der Waals surface area contributed by atoms with E-state index in [1.54, 1.807) is 18.2 Å². The number of nitriles is 1. The van der Waals surface area contributed by atoms with Gasteiger partial charge in [0, 0.05) is 6.08 Å². The molecule has 0 aromatic carbocycles. The maximum absolute atomic E-state index is 10.4. The van der Waals surface area contributed by atoms with E-state index in [2.05, 4.69) is 0 Å². The van der Waals surface area contributed by atoms with Crippen LogP contribution >= 0.6 is 22.6 Å². The maximum atomic E-state index is 10.4. The summed E-state index contributed by atoms with van der Waals surface area (Å²) < 4.78 is 5.71. The smallest absolute Gasteiger partial charge is 0.346 e. The van der Waals surface area contributed by atoms with Gasteiger partial charge in [-0.05, 0) is 34.7 Å². The van der Waals surface area contributed by atoms with Crippen LogP contribution in [0.3, 0.4) is 0 Å². The third kappa shape index (κ3) is 2.59. The Morgan fingerprint density at radius 3 is 2.77 bits per heavy atom. The third-order valence-electron chi connectivity index (χ3n) is 1.23. The fourth-order valence-corrected chi connectivity index (χ4v) is 1.12. The van der Waals surface area contributed by atoms with Crippen LogP contribution in [0, 0.1) is 15.1 Å². The molecule has 1 aromatic heterocycles. The van der Waals surface area contributed by atoms with Crippen molar-refractivity contribution >= 4 is 34.6 Å². The van der Waals surface area contributed by atoms with Crippen LogP contribution in [0.25, 0.3) is 6.08 Å². The first kappa shape index (κ1) is 9.80. The first-order chi connectivity index (χ1) is 6.13. The number of rotatable bonds is 2. The normalized spacial score (nSPS) is 10.9. The van der Waals surface area contributed by atoms with Gasteiger partial charge in [-0.15, -0.1) is 0 Å². The number of carboxylic acids is 1. The first-order valence-corrected chi connectivity index (χ1v) is 4.32. The van der Waals surface area contributed by atoms with Crippen LogP contribution in [0.2, 0.25) is 0 Å². The second kappa shape index (κ2) is 4.09. The summed E-state index contributed by atoms with van der Waals surface area (Å²) in [6.07, 6.45) is 1.19. The van der Waals surface area contributed by atoms with Gasteiger partial charge in [-0.25, -0.2) is 4.79 Å². The van der Waals surface area contributed by atoms with Crippen LogP contribution in [0.15, 0.2) is 22.1 Å². The number of furan rings is 1. The topological polar surface area (TPSA) is 74.2 Å². The summed E-state index contributed by atoms with van der Waals surface area (Å²) in [4.78, 5) is 10.4. The lowest BCUT2D eigenvalue weighted by atomic mass is 10.2. The third-order valence-corrected chi connectivity index (χ3v) is 1.81. The molecule has 13 heavy (non-hydrogen) atoms. The molecule has 0 aliphatic rings. The highest BCUT2D eigenvalue weighted by atomic mass is 127. The van der Waals surface area contributed by atoms with Crippen molar-refractivity contribution in [3.05, 3.63) is 27.2 Å². The van der Waals surface area contributed by atoms with Gasteiger partial charge in [0.1, 0.15) is 17.4 Å². The van der Waals surface area contributed by atoms with E-state index in [-0.39, 0.29) is 5.57 Å². The summed E-state index contributed by atoms with van der Waals surface area (Å²) in [5, 5.41) is 16.9. The van der Waals surface area contributed by atoms with Crippen LogP contribution < -0.4 is 0 Å². The molecule has 0 radical (unpaired) electrons. The van der Waals surface area contributed by atoms with Crippen molar-refractivity contribution in [3.8, 4) is 6.07 Å². The fraction of sp³-hybridized carbons (Fsp3) is 0. The van der Waals surface area contributed by atoms with E-state index < -0.39 is 5.97 Å². The molecule has 4 nitrogen and oxygen atoms in total. The summed E-state index contributed by atoms with van der Waals surface area (Å²) in [6.45, 7) is 0. The van der Waals surface area contributed by atoms with E-state index in [1.165, 1.54) is 6.08 Å². The molecular formula is C8H4INO3. The molecule has 1 aromatic rings. The Labute approximate surface area is 87.6 Å². The predicted molar refractivity (Wildman–Crippen MR) is 52.7 cm³/mol. The Morgan fingerprint density at radius 1 is 1.69 bits per heavy atom. The van der Waals surface area contributed by atoms with Crippen LogP contribution in [0.5, 0.6) is 0 Å². The minimum Gasteiger partial charge on any atom is -0.477 e. The number of carboxylic acid groups (broad SMARTS) is 1. The SMILES string of the molecule is N#CC(=Cc1ccc(I)o1)C(=O)O. The summed E-state index contributed by atoms with van der Waals surface area (Å²) in [5.41, 5.74) is -0.342. The molecule has 0 saturated heterocycles. The number of hydrogen-bond acceptors (Lipinski definition) is 3. The van der Waals surface area contributed by atoms with Gasteiger partial charge in [-0.1, -0.05) is 0 Å². The molecule has 0 aliphatic carbocycles. The summed E-state index contributed by atoms with van der Waals surface area (Å²) in [5.74, 6) is -0.891. The molecule has 1 N–H and O–H groups in total. The highest BCUT2D eigenvalue weighted by Gasteiger charge is 2.06. The second-order valence-electron chi connectivity index (χ2n) is 2.12. The number of carbonyl (C=O) groups is 1. The van der Waals surface area contributed by atoms with Crippen LogP contribution in [-0.4, -0.2) is 11.1 Å². The lowest BCUT2D eigenvalue weighted by Gasteiger charge is -1.87. The zero-order valence-electron chi connectivity index (χ0n) is 6.32. The van der Waals surface area contributed by atoms with E-state index in [1.807, 2.05) is 22.6 Å². The number of hydrogen-bond donors (Lipinski definition) is 1. The quantitative estimate of drug-likeness (QED) is 0.512. The molecule has 0 bridgehead atoms. The molecule has 66 valence electrons. The van der Waals surface area contributed by atoms with Crippen molar-refractivity contribution in [1.29, 1.82) is 5.26 Å².